The topological polar surface area (TPSA) is 77.2 Å². The van der Waals surface area contributed by atoms with Crippen molar-refractivity contribution in [3.8, 4) is 0 Å². The molecule has 1 amide bonds. The normalized spacial score (nSPS) is 17.3. The van der Waals surface area contributed by atoms with Gasteiger partial charge in [-0.1, -0.05) is 5.16 Å². The Morgan fingerprint density at radius 3 is 2.74 bits per heavy atom. The van der Waals surface area contributed by atoms with Crippen molar-refractivity contribution >= 4 is 5.91 Å². The second-order valence-electron chi connectivity index (χ2n) is 5.75. The Balaban J connectivity index is 2.13. The van der Waals surface area contributed by atoms with E-state index in [1.807, 2.05) is 13.8 Å². The van der Waals surface area contributed by atoms with Crippen molar-refractivity contribution < 1.29 is 14.1 Å². The van der Waals surface area contributed by atoms with Gasteiger partial charge in [0.05, 0.1) is 11.0 Å². The van der Waals surface area contributed by atoms with E-state index < -0.39 is 5.54 Å². The van der Waals surface area contributed by atoms with Crippen molar-refractivity contribution in [2.24, 2.45) is 0 Å². The summed E-state index contributed by atoms with van der Waals surface area (Å²) in [5.41, 5.74) is -0.627. The largest absolute Gasteiger partial charge is 0.385 e. The average molecular weight is 267 g/mol. The van der Waals surface area contributed by atoms with Gasteiger partial charge in [-0.3, -0.25) is 4.79 Å². The second kappa shape index (κ2) is 4.92. The fraction of sp³-hybridized carbons (Fsp3) is 0.769. The second-order valence-corrected chi connectivity index (χ2v) is 5.75. The van der Waals surface area contributed by atoms with Crippen molar-refractivity contribution in [1.82, 2.24) is 15.5 Å². The Bertz CT molecular complexity index is 463. The fourth-order valence-corrected chi connectivity index (χ4v) is 2.21. The summed E-state index contributed by atoms with van der Waals surface area (Å²) in [4.78, 5) is 15.7. The number of ether oxygens (including phenoxy) is 1. The van der Waals surface area contributed by atoms with Crippen LogP contribution >= 0.6 is 0 Å². The molecule has 19 heavy (non-hydrogen) atoms. The number of hydrogen-bond acceptors (Lipinski definition) is 5. The molecule has 1 aliphatic carbocycles. The van der Waals surface area contributed by atoms with Crippen molar-refractivity contribution in [3.05, 3.63) is 11.7 Å². The van der Waals surface area contributed by atoms with E-state index in [4.69, 9.17) is 9.26 Å². The van der Waals surface area contributed by atoms with Crippen molar-refractivity contribution in [2.75, 3.05) is 13.7 Å². The molecule has 0 atom stereocenters. The molecule has 0 bridgehead atoms. The van der Waals surface area contributed by atoms with Gasteiger partial charge in [-0.2, -0.15) is 4.98 Å². The highest BCUT2D eigenvalue weighted by molar-refractivity contribution is 5.73. The summed E-state index contributed by atoms with van der Waals surface area (Å²) in [5, 5.41) is 6.83. The molecule has 1 fully saturated rings. The lowest BCUT2D eigenvalue weighted by molar-refractivity contribution is -0.120. The van der Waals surface area contributed by atoms with E-state index in [-0.39, 0.29) is 11.3 Å². The molecule has 1 aliphatic rings. The third-order valence-corrected chi connectivity index (χ3v) is 3.57. The molecule has 106 valence electrons. The predicted octanol–water partition coefficient (Wildman–Crippen LogP) is 1.51. The third kappa shape index (κ3) is 2.94. The maximum atomic E-state index is 11.2. The molecule has 0 aliphatic heterocycles. The highest BCUT2D eigenvalue weighted by atomic mass is 16.5. The lowest BCUT2D eigenvalue weighted by Gasteiger charge is -2.21. The van der Waals surface area contributed by atoms with Crippen LogP contribution in [0.1, 0.15) is 51.7 Å². The number of rotatable bonds is 6. The Kier molecular flexibility index (Phi) is 3.62. The molecule has 1 N–H and O–H groups in total. The number of nitrogens with zero attached hydrogens (tertiary/aromatic N) is 2. The maximum absolute atomic E-state index is 11.2. The Labute approximate surface area is 112 Å². The number of carbonyl (C=O) groups is 1. The van der Waals surface area contributed by atoms with Crippen LogP contribution in [0.15, 0.2) is 4.52 Å². The lowest BCUT2D eigenvalue weighted by Crippen LogP contribution is -2.40. The van der Waals surface area contributed by atoms with Crippen LogP contribution in [-0.2, 0) is 20.5 Å². The highest BCUT2D eigenvalue weighted by Crippen LogP contribution is 2.50. The summed E-state index contributed by atoms with van der Waals surface area (Å²) < 4.78 is 10.5. The van der Waals surface area contributed by atoms with E-state index in [1.54, 1.807) is 7.11 Å². The number of amides is 1. The van der Waals surface area contributed by atoms with Gasteiger partial charge >= 0.3 is 0 Å². The monoisotopic (exact) mass is 267 g/mol. The van der Waals surface area contributed by atoms with Crippen LogP contribution in [0.5, 0.6) is 0 Å². The summed E-state index contributed by atoms with van der Waals surface area (Å²) in [6, 6.07) is 0. The zero-order valence-corrected chi connectivity index (χ0v) is 11.9. The smallest absolute Gasteiger partial charge is 0.233 e. The van der Waals surface area contributed by atoms with Gasteiger partial charge in [-0.05, 0) is 33.1 Å². The Morgan fingerprint density at radius 1 is 1.53 bits per heavy atom. The first kappa shape index (κ1) is 14.0. The molecule has 1 heterocycles. The van der Waals surface area contributed by atoms with E-state index in [9.17, 15) is 4.79 Å². The molecule has 1 aromatic rings. The van der Waals surface area contributed by atoms with Crippen molar-refractivity contribution in [1.29, 1.82) is 0 Å². The molecular formula is C13H21N3O3. The van der Waals surface area contributed by atoms with Crippen molar-refractivity contribution in [2.45, 2.75) is 51.0 Å². The van der Waals surface area contributed by atoms with Crippen LogP contribution in [0.3, 0.4) is 0 Å². The van der Waals surface area contributed by atoms with Crippen LogP contribution in [-0.4, -0.2) is 29.8 Å². The van der Waals surface area contributed by atoms with Crippen LogP contribution in [0.25, 0.3) is 0 Å². The zero-order valence-electron chi connectivity index (χ0n) is 11.9. The molecule has 1 saturated carbocycles. The average Bonchev–Trinajstić information content (AvgIpc) is 2.91. The summed E-state index contributed by atoms with van der Waals surface area (Å²) in [5.74, 6) is 1.07. The zero-order chi connectivity index (χ0) is 14.1. The summed E-state index contributed by atoms with van der Waals surface area (Å²) in [6.45, 7) is 5.88. The number of aromatic nitrogens is 2. The first-order valence-electron chi connectivity index (χ1n) is 6.52. The number of hydrogen-bond donors (Lipinski definition) is 1. The molecule has 0 spiro atoms. The third-order valence-electron chi connectivity index (χ3n) is 3.57. The minimum Gasteiger partial charge on any atom is -0.385 e. The van der Waals surface area contributed by atoms with E-state index in [0.29, 0.717) is 18.3 Å². The molecule has 0 aromatic carbocycles. The molecule has 1 aromatic heterocycles. The molecule has 6 heteroatoms. The van der Waals surface area contributed by atoms with Crippen LogP contribution < -0.4 is 5.32 Å². The quantitative estimate of drug-likeness (QED) is 0.845. The molecule has 6 nitrogen and oxygen atoms in total. The Hall–Kier alpha value is -1.43. The fourth-order valence-electron chi connectivity index (χ4n) is 2.21. The van der Waals surface area contributed by atoms with E-state index in [1.165, 1.54) is 6.92 Å². The maximum Gasteiger partial charge on any atom is 0.233 e. The van der Waals surface area contributed by atoms with Crippen LogP contribution in [0.4, 0.5) is 0 Å². The molecule has 0 saturated heterocycles. The first-order chi connectivity index (χ1) is 8.89. The van der Waals surface area contributed by atoms with Gasteiger partial charge in [-0.15, -0.1) is 0 Å². The molecule has 2 rings (SSSR count). The lowest BCUT2D eigenvalue weighted by atomic mass is 10.0. The minimum absolute atomic E-state index is 0.00639. The number of nitrogens with one attached hydrogen (secondary N) is 1. The SMILES string of the molecule is COCCC1(c2nc(C(C)(C)NC(C)=O)no2)CC1. The van der Waals surface area contributed by atoms with Gasteiger partial charge in [0.25, 0.3) is 0 Å². The van der Waals surface area contributed by atoms with E-state index in [0.717, 1.165) is 19.3 Å². The van der Waals surface area contributed by atoms with E-state index in [2.05, 4.69) is 15.5 Å². The minimum atomic E-state index is -0.620. The Morgan fingerprint density at radius 2 is 2.21 bits per heavy atom. The van der Waals surface area contributed by atoms with Gasteiger partial charge in [0, 0.05) is 20.6 Å². The first-order valence-corrected chi connectivity index (χ1v) is 6.52. The van der Waals surface area contributed by atoms with Crippen LogP contribution in [0, 0.1) is 0 Å². The number of methoxy groups -OCH3 is 1. The predicted molar refractivity (Wildman–Crippen MR) is 68.5 cm³/mol. The van der Waals surface area contributed by atoms with Gasteiger partial charge in [-0.25, -0.2) is 0 Å². The number of carbonyl (C=O) groups excluding carboxylic acids is 1. The summed E-state index contributed by atoms with van der Waals surface area (Å²) in [7, 11) is 1.69. The van der Waals surface area contributed by atoms with Gasteiger partial charge in [0.15, 0.2) is 5.82 Å². The van der Waals surface area contributed by atoms with Gasteiger partial charge < -0.3 is 14.6 Å². The standard InChI is InChI=1S/C13H21N3O3/c1-9(17)15-12(2,3)10-14-11(19-16-10)13(5-6-13)7-8-18-4/h5-8H2,1-4H3,(H,15,17). The molecular weight excluding hydrogens is 246 g/mol. The summed E-state index contributed by atoms with van der Waals surface area (Å²) in [6.07, 6.45) is 3.00. The van der Waals surface area contributed by atoms with Gasteiger partial charge in [0.2, 0.25) is 11.8 Å². The van der Waals surface area contributed by atoms with E-state index >= 15 is 0 Å². The molecule has 0 unspecified atom stereocenters. The van der Waals surface area contributed by atoms with Crippen LogP contribution in [0.2, 0.25) is 0 Å². The highest BCUT2D eigenvalue weighted by Gasteiger charge is 2.49. The van der Waals surface area contributed by atoms with Gasteiger partial charge in [0.1, 0.15) is 0 Å². The van der Waals surface area contributed by atoms with Crippen molar-refractivity contribution in [3.63, 3.8) is 0 Å². The summed E-state index contributed by atoms with van der Waals surface area (Å²) >= 11 is 0. The molecule has 0 radical (unpaired) electrons.